The van der Waals surface area contributed by atoms with Gasteiger partial charge in [-0.25, -0.2) is 0 Å². The summed E-state index contributed by atoms with van der Waals surface area (Å²) in [5.41, 5.74) is 3.59. The number of hydrogen-bond donors (Lipinski definition) is 0. The molecule has 1 atom stereocenters. The highest BCUT2D eigenvalue weighted by atomic mass is 35.5. The Bertz CT molecular complexity index is 1000. The van der Waals surface area contributed by atoms with E-state index in [-0.39, 0.29) is 6.10 Å². The summed E-state index contributed by atoms with van der Waals surface area (Å²) in [6, 6.07) is 24.6. The molecule has 0 amide bonds. The summed E-state index contributed by atoms with van der Waals surface area (Å²) in [5, 5.41) is 1.36. The summed E-state index contributed by atoms with van der Waals surface area (Å²) in [5.74, 6) is 0.726. The van der Waals surface area contributed by atoms with E-state index in [4.69, 9.17) is 27.9 Å². The summed E-state index contributed by atoms with van der Waals surface area (Å²) in [6.45, 7) is 8.35. The van der Waals surface area contributed by atoms with Gasteiger partial charge in [-0.3, -0.25) is 4.90 Å². The van der Waals surface area contributed by atoms with Crippen LogP contribution in [-0.2, 0) is 6.54 Å². The number of aryl methyl sites for hydroxylation is 1. The van der Waals surface area contributed by atoms with Crippen molar-refractivity contribution < 1.29 is 4.74 Å². The Kier molecular flexibility index (Phi) is 8.10. The molecule has 168 valence electrons. The van der Waals surface area contributed by atoms with Crippen LogP contribution in [0.5, 0.6) is 5.75 Å². The topological polar surface area (TPSA) is 15.7 Å². The molecule has 32 heavy (non-hydrogen) atoms. The van der Waals surface area contributed by atoms with E-state index in [2.05, 4.69) is 46.2 Å². The Labute approximate surface area is 201 Å². The van der Waals surface area contributed by atoms with E-state index in [9.17, 15) is 0 Å². The van der Waals surface area contributed by atoms with Gasteiger partial charge >= 0.3 is 0 Å². The second-order valence-corrected chi connectivity index (χ2v) is 9.33. The lowest BCUT2D eigenvalue weighted by atomic mass is 10.1. The molecule has 1 heterocycles. The van der Waals surface area contributed by atoms with Crippen LogP contribution in [0.4, 0.5) is 0 Å². The Morgan fingerprint density at radius 3 is 2.34 bits per heavy atom. The molecule has 0 aliphatic carbocycles. The molecule has 0 spiro atoms. The van der Waals surface area contributed by atoms with E-state index in [1.165, 1.54) is 5.56 Å². The molecule has 3 aromatic rings. The van der Waals surface area contributed by atoms with Crippen LogP contribution in [0.1, 0.15) is 29.2 Å². The van der Waals surface area contributed by atoms with Gasteiger partial charge in [-0.15, -0.1) is 0 Å². The minimum atomic E-state index is -0.102. The molecule has 3 nitrogen and oxygen atoms in total. The second kappa shape index (κ2) is 11.2. The third-order valence-electron chi connectivity index (χ3n) is 6.00. The molecule has 4 rings (SSSR count). The van der Waals surface area contributed by atoms with Crippen molar-refractivity contribution in [1.82, 2.24) is 9.80 Å². The third-order valence-corrected chi connectivity index (χ3v) is 6.55. The van der Waals surface area contributed by atoms with Gasteiger partial charge < -0.3 is 9.64 Å². The zero-order valence-corrected chi connectivity index (χ0v) is 20.0. The maximum absolute atomic E-state index is 6.43. The van der Waals surface area contributed by atoms with Crippen molar-refractivity contribution in [3.8, 4) is 5.75 Å². The predicted octanol–water partition coefficient (Wildman–Crippen LogP) is 6.63. The molecule has 0 radical (unpaired) electrons. The Hall–Kier alpha value is -2.04. The van der Waals surface area contributed by atoms with Crippen LogP contribution in [0.2, 0.25) is 10.0 Å². The van der Waals surface area contributed by atoms with E-state index in [1.54, 1.807) is 0 Å². The minimum Gasteiger partial charge on any atom is -0.484 e. The van der Waals surface area contributed by atoms with Gasteiger partial charge in [-0.05, 0) is 47.9 Å². The van der Waals surface area contributed by atoms with E-state index >= 15 is 0 Å². The number of rotatable bonds is 8. The first-order chi connectivity index (χ1) is 15.6. The van der Waals surface area contributed by atoms with Crippen molar-refractivity contribution in [2.24, 2.45) is 0 Å². The normalized spacial score (nSPS) is 16.1. The van der Waals surface area contributed by atoms with Crippen molar-refractivity contribution in [1.29, 1.82) is 0 Å². The highest BCUT2D eigenvalue weighted by Gasteiger charge is 2.21. The van der Waals surface area contributed by atoms with Gasteiger partial charge in [0.25, 0.3) is 0 Å². The van der Waals surface area contributed by atoms with Crippen molar-refractivity contribution in [3.63, 3.8) is 0 Å². The summed E-state index contributed by atoms with van der Waals surface area (Å²) in [6.07, 6.45) is 0.777. The minimum absolute atomic E-state index is 0.102. The van der Waals surface area contributed by atoms with Gasteiger partial charge in [0.2, 0.25) is 0 Å². The van der Waals surface area contributed by atoms with Crippen LogP contribution in [-0.4, -0.2) is 42.5 Å². The number of piperazine rings is 1. The van der Waals surface area contributed by atoms with Gasteiger partial charge in [-0.1, -0.05) is 71.7 Å². The third kappa shape index (κ3) is 6.49. The summed E-state index contributed by atoms with van der Waals surface area (Å²) >= 11 is 12.7. The fraction of sp³-hybridized carbons (Fsp3) is 0.333. The first-order valence-electron chi connectivity index (χ1n) is 11.2. The van der Waals surface area contributed by atoms with E-state index < -0.39 is 0 Å². The Balaban J connectivity index is 1.37. The number of benzene rings is 3. The molecular formula is C27H30Cl2N2O. The molecule has 1 unspecified atom stereocenters. The predicted molar refractivity (Wildman–Crippen MR) is 134 cm³/mol. The SMILES string of the molecule is Cc1ccc(Cl)c(OC(CCN2CCN(Cc3ccccc3)CC2)c2cccc(Cl)c2)c1. The fourth-order valence-electron chi connectivity index (χ4n) is 4.17. The van der Waals surface area contributed by atoms with Crippen LogP contribution in [0.15, 0.2) is 72.8 Å². The van der Waals surface area contributed by atoms with Crippen LogP contribution < -0.4 is 4.74 Å². The van der Waals surface area contributed by atoms with Crippen LogP contribution in [0.3, 0.4) is 0 Å². The number of hydrogen-bond acceptors (Lipinski definition) is 3. The molecule has 1 aliphatic rings. The maximum Gasteiger partial charge on any atom is 0.139 e. The summed E-state index contributed by atoms with van der Waals surface area (Å²) < 4.78 is 6.43. The van der Waals surface area contributed by atoms with Gasteiger partial charge in [0, 0.05) is 50.7 Å². The standard InChI is InChI=1S/C27H30Cl2N2O/c1-21-10-11-25(29)27(18-21)32-26(23-8-5-9-24(28)19-23)12-13-30-14-16-31(17-15-30)20-22-6-3-2-4-7-22/h2-11,18-19,26H,12-17,20H2,1H3. The molecule has 5 heteroatoms. The van der Waals surface area contributed by atoms with Crippen LogP contribution in [0.25, 0.3) is 0 Å². The lowest BCUT2D eigenvalue weighted by molar-refractivity contribution is 0.107. The average molecular weight is 469 g/mol. The summed E-state index contributed by atoms with van der Waals surface area (Å²) in [4.78, 5) is 5.06. The first-order valence-corrected chi connectivity index (χ1v) is 12.0. The number of ether oxygens (including phenoxy) is 1. The van der Waals surface area contributed by atoms with Crippen LogP contribution in [0, 0.1) is 6.92 Å². The van der Waals surface area contributed by atoms with Crippen molar-refractivity contribution in [2.75, 3.05) is 32.7 Å². The number of halogens is 2. The van der Waals surface area contributed by atoms with Crippen molar-refractivity contribution >= 4 is 23.2 Å². The van der Waals surface area contributed by atoms with Crippen LogP contribution >= 0.6 is 23.2 Å². The average Bonchev–Trinajstić information content (AvgIpc) is 2.80. The quantitative estimate of drug-likeness (QED) is 0.368. The Morgan fingerprint density at radius 1 is 0.844 bits per heavy atom. The van der Waals surface area contributed by atoms with Gasteiger partial charge in [0.05, 0.1) is 5.02 Å². The van der Waals surface area contributed by atoms with Crippen molar-refractivity contribution in [3.05, 3.63) is 99.5 Å². The lowest BCUT2D eigenvalue weighted by Gasteiger charge is -2.35. The smallest absolute Gasteiger partial charge is 0.139 e. The zero-order valence-electron chi connectivity index (χ0n) is 18.5. The molecule has 3 aromatic carbocycles. The molecule has 0 bridgehead atoms. The molecule has 0 N–H and O–H groups in total. The largest absolute Gasteiger partial charge is 0.484 e. The van der Waals surface area contributed by atoms with E-state index in [0.29, 0.717) is 5.02 Å². The molecule has 1 fully saturated rings. The van der Waals surface area contributed by atoms with Gasteiger partial charge in [0.15, 0.2) is 0 Å². The second-order valence-electron chi connectivity index (χ2n) is 8.49. The lowest BCUT2D eigenvalue weighted by Crippen LogP contribution is -2.46. The zero-order chi connectivity index (χ0) is 22.3. The van der Waals surface area contributed by atoms with E-state index in [1.807, 2.05) is 43.3 Å². The highest BCUT2D eigenvalue weighted by molar-refractivity contribution is 6.32. The van der Waals surface area contributed by atoms with E-state index in [0.717, 1.165) is 67.6 Å². The molecule has 1 aliphatic heterocycles. The first kappa shape index (κ1) is 23.1. The fourth-order valence-corrected chi connectivity index (χ4v) is 4.53. The Morgan fingerprint density at radius 2 is 1.59 bits per heavy atom. The maximum atomic E-state index is 6.43. The molecule has 0 aromatic heterocycles. The molecular weight excluding hydrogens is 439 g/mol. The highest BCUT2D eigenvalue weighted by Crippen LogP contribution is 2.32. The van der Waals surface area contributed by atoms with Crippen molar-refractivity contribution in [2.45, 2.75) is 26.0 Å². The molecule has 0 saturated carbocycles. The van der Waals surface area contributed by atoms with Gasteiger partial charge in [-0.2, -0.15) is 0 Å². The summed E-state index contributed by atoms with van der Waals surface area (Å²) in [7, 11) is 0. The molecule has 1 saturated heterocycles. The number of nitrogens with zero attached hydrogens (tertiary/aromatic N) is 2. The van der Waals surface area contributed by atoms with Gasteiger partial charge in [0.1, 0.15) is 11.9 Å². The monoisotopic (exact) mass is 468 g/mol.